The van der Waals surface area contributed by atoms with Crippen molar-refractivity contribution in [2.45, 2.75) is 28.3 Å². The van der Waals surface area contributed by atoms with E-state index in [1.54, 1.807) is 19.6 Å². The molecule has 7 nitrogen and oxygen atoms in total. The zero-order chi connectivity index (χ0) is 17.1. The van der Waals surface area contributed by atoms with Crippen molar-refractivity contribution >= 4 is 76.5 Å². The van der Waals surface area contributed by atoms with E-state index in [0.29, 0.717) is 0 Å². The van der Waals surface area contributed by atoms with Crippen molar-refractivity contribution in [3.8, 4) is 0 Å². The first-order valence-corrected chi connectivity index (χ1v) is 12.4. The van der Waals surface area contributed by atoms with Gasteiger partial charge in [0.15, 0.2) is 8.67 Å². The highest BCUT2D eigenvalue weighted by molar-refractivity contribution is 7.83. The van der Waals surface area contributed by atoms with Gasteiger partial charge in [-0.05, 0) is 19.6 Å². The zero-order valence-corrected chi connectivity index (χ0v) is 16.8. The third-order valence-corrected chi connectivity index (χ3v) is 7.26. The summed E-state index contributed by atoms with van der Waals surface area (Å²) in [6.45, 7) is 3.18. The summed E-state index contributed by atoms with van der Waals surface area (Å²) in [5, 5.41) is 0. The van der Waals surface area contributed by atoms with Gasteiger partial charge in [-0.15, -0.1) is 0 Å². The van der Waals surface area contributed by atoms with Crippen LogP contribution in [0.5, 0.6) is 0 Å². The maximum Gasteiger partial charge on any atom is 0.390 e. The van der Waals surface area contributed by atoms with E-state index in [4.69, 9.17) is 50.3 Å². The summed E-state index contributed by atoms with van der Waals surface area (Å²) in [6, 6.07) is 0. The fourth-order valence-electron chi connectivity index (χ4n) is 0.810. The third-order valence-electron chi connectivity index (χ3n) is 1.61. The Balaban J connectivity index is 4.77. The molecule has 0 aromatic rings. The number of halogens is 4. The van der Waals surface area contributed by atoms with E-state index in [0.717, 1.165) is 0 Å². The molecule has 0 aliphatic carbocycles. The summed E-state index contributed by atoms with van der Waals surface area (Å²) in [5.74, 6) is 0. The van der Waals surface area contributed by atoms with E-state index in [9.17, 15) is 17.2 Å². The monoisotopic (exact) mass is 441 g/mol. The van der Waals surface area contributed by atoms with Gasteiger partial charge >= 0.3 is 10.4 Å². The number of hydrogen-bond donors (Lipinski definition) is 0. The lowest BCUT2D eigenvalue weighted by molar-refractivity contribution is 0.229. The minimum Gasteiger partial charge on any atom is -0.750 e. The van der Waals surface area contributed by atoms with Crippen molar-refractivity contribution in [2.24, 2.45) is 0 Å². The first-order valence-electron chi connectivity index (χ1n) is 5.16. The van der Waals surface area contributed by atoms with Gasteiger partial charge in [0, 0.05) is 0 Å². The molecule has 0 rings (SSSR count). The second-order valence-corrected chi connectivity index (χ2v) is 14.3. The number of hydrogen-bond acceptors (Lipinski definition) is 7. The van der Waals surface area contributed by atoms with E-state index in [1.807, 2.05) is 0 Å². The fourth-order valence-corrected chi connectivity index (χ4v) is 4.74. The fraction of sp³-hybridized carbons (Fsp3) is 1.00. The van der Waals surface area contributed by atoms with Crippen molar-refractivity contribution < 1.29 is 29.4 Å². The first kappa shape index (κ1) is 22.3. The third kappa shape index (κ3) is 9.25. The van der Waals surface area contributed by atoms with Gasteiger partial charge in [0.05, 0.1) is 18.0 Å². The van der Waals surface area contributed by atoms with Crippen molar-refractivity contribution in [3.63, 3.8) is 0 Å². The summed E-state index contributed by atoms with van der Waals surface area (Å²) in [7, 11) is -6.79. The number of alkyl halides is 4. The lowest BCUT2D eigenvalue weighted by Crippen LogP contribution is -2.45. The van der Waals surface area contributed by atoms with Crippen LogP contribution in [0.25, 0.3) is 0 Å². The molecule has 0 bridgehead atoms. The Morgan fingerprint density at radius 1 is 1.10 bits per heavy atom. The lowest BCUT2D eigenvalue weighted by Gasteiger charge is -2.32. The normalized spacial score (nSPS) is 16.0. The molecule has 1 unspecified atom stereocenters. The molecular weight excluding hydrogens is 430 g/mol. The van der Waals surface area contributed by atoms with Crippen LogP contribution in [0.4, 0.5) is 0 Å². The Labute approximate surface area is 147 Å². The highest BCUT2D eigenvalue weighted by Gasteiger charge is 2.49. The SMILES string of the molecule is C[Si](C)(C)OS(=O)(=O)OCC(Cl)(Cl)C(Cl)(Cl)COS(=O)[O-]. The van der Waals surface area contributed by atoms with Gasteiger partial charge in [-0.1, -0.05) is 46.4 Å². The summed E-state index contributed by atoms with van der Waals surface area (Å²) in [5.41, 5.74) is 0. The van der Waals surface area contributed by atoms with Crippen LogP contribution in [0.3, 0.4) is 0 Å². The number of rotatable bonds is 9. The van der Waals surface area contributed by atoms with Crippen LogP contribution < -0.4 is 0 Å². The Morgan fingerprint density at radius 2 is 1.52 bits per heavy atom. The van der Waals surface area contributed by atoms with Gasteiger partial charge in [0.2, 0.25) is 8.32 Å². The van der Waals surface area contributed by atoms with Crippen LogP contribution in [-0.4, -0.2) is 47.4 Å². The quantitative estimate of drug-likeness (QED) is 0.306. The van der Waals surface area contributed by atoms with Crippen molar-refractivity contribution in [1.29, 1.82) is 0 Å². The molecule has 0 amide bonds. The lowest BCUT2D eigenvalue weighted by atomic mass is 10.3. The average molecular weight is 443 g/mol. The van der Waals surface area contributed by atoms with Crippen LogP contribution in [0.2, 0.25) is 19.6 Å². The molecule has 0 aliphatic heterocycles. The summed E-state index contributed by atoms with van der Waals surface area (Å²) >= 11 is 20.1. The minimum absolute atomic E-state index is 0.808. The van der Waals surface area contributed by atoms with E-state index in [1.165, 1.54) is 0 Å². The largest absolute Gasteiger partial charge is 0.750 e. The summed E-state index contributed by atoms with van der Waals surface area (Å²) in [4.78, 5) is 0. The highest BCUT2D eigenvalue weighted by atomic mass is 35.5. The smallest absolute Gasteiger partial charge is 0.390 e. The van der Waals surface area contributed by atoms with E-state index in [2.05, 4.69) is 8.37 Å². The predicted molar refractivity (Wildman–Crippen MR) is 83.0 cm³/mol. The van der Waals surface area contributed by atoms with Gasteiger partial charge in [0.1, 0.15) is 6.61 Å². The van der Waals surface area contributed by atoms with Gasteiger partial charge in [0.25, 0.3) is 0 Å². The summed E-state index contributed by atoms with van der Waals surface area (Å²) in [6.07, 6.45) is 0. The van der Waals surface area contributed by atoms with E-state index >= 15 is 0 Å². The Hall–Kier alpha value is 1.32. The van der Waals surface area contributed by atoms with Crippen LogP contribution >= 0.6 is 46.4 Å². The van der Waals surface area contributed by atoms with Crippen LogP contribution in [0.1, 0.15) is 0 Å². The van der Waals surface area contributed by atoms with Gasteiger partial charge < -0.3 is 4.55 Å². The molecule has 0 saturated carbocycles. The molecule has 0 spiro atoms. The minimum atomic E-state index is -4.35. The molecule has 21 heavy (non-hydrogen) atoms. The second kappa shape index (κ2) is 7.93. The van der Waals surface area contributed by atoms with Crippen molar-refractivity contribution in [3.05, 3.63) is 0 Å². The van der Waals surface area contributed by atoms with E-state index < -0.39 is 52.0 Å². The molecule has 0 aromatic heterocycles. The molecule has 0 fully saturated rings. The second-order valence-electron chi connectivity index (χ2n) is 4.74. The molecule has 14 heteroatoms. The highest BCUT2D eigenvalue weighted by Crippen LogP contribution is 2.43. The molecule has 0 radical (unpaired) electrons. The molecule has 0 saturated heterocycles. The molecule has 128 valence electrons. The molecule has 0 aromatic carbocycles. The molecule has 0 N–H and O–H groups in total. The standard InChI is InChI=1S/C7H14Cl4O7S2Si/c1-21(2,3)18-20(14,15)17-5-7(10,11)6(8,9)4-16-19(12)13/h4-5H2,1-3H3,(H,12,13)/p-1. The average Bonchev–Trinajstić information content (AvgIpc) is 2.20. The van der Waals surface area contributed by atoms with E-state index in [-0.39, 0.29) is 0 Å². The van der Waals surface area contributed by atoms with Crippen molar-refractivity contribution in [1.82, 2.24) is 0 Å². The first-order chi connectivity index (χ1) is 9.08. The molecule has 0 heterocycles. The van der Waals surface area contributed by atoms with Crippen LogP contribution in [-0.2, 0) is 34.0 Å². The maximum absolute atomic E-state index is 11.5. The summed E-state index contributed by atoms with van der Waals surface area (Å²) < 4.78 is 52.8. The van der Waals surface area contributed by atoms with Crippen LogP contribution in [0.15, 0.2) is 0 Å². The van der Waals surface area contributed by atoms with Gasteiger partial charge in [-0.3, -0.25) is 8.06 Å². The molecule has 0 aliphatic rings. The Kier molecular flexibility index (Phi) is 8.42. The Morgan fingerprint density at radius 3 is 1.90 bits per heavy atom. The zero-order valence-electron chi connectivity index (χ0n) is 11.1. The maximum atomic E-state index is 11.5. The molecule has 1 atom stereocenters. The van der Waals surface area contributed by atoms with Crippen molar-refractivity contribution in [2.75, 3.05) is 13.2 Å². The van der Waals surface area contributed by atoms with Gasteiger partial charge in [-0.2, -0.15) is 8.42 Å². The molecular formula is C7H13Cl4O7S2Si-. The topological polar surface area (TPSA) is 102 Å². The Bertz CT molecular complexity index is 476. The predicted octanol–water partition coefficient (Wildman–Crippen LogP) is 2.26. The van der Waals surface area contributed by atoms with Gasteiger partial charge in [-0.25, -0.2) is 8.39 Å². The van der Waals surface area contributed by atoms with Crippen LogP contribution in [0, 0.1) is 0 Å².